The highest BCUT2D eigenvalue weighted by Gasteiger charge is 2.40. The van der Waals surface area contributed by atoms with E-state index in [4.69, 9.17) is 0 Å². The molecule has 2 N–H and O–H groups in total. The summed E-state index contributed by atoms with van der Waals surface area (Å²) < 4.78 is 0. The third kappa shape index (κ3) is 3.36. The molecule has 1 aromatic carbocycles. The minimum atomic E-state index is -0.553. The van der Waals surface area contributed by atoms with Crippen molar-refractivity contribution < 1.29 is 14.4 Å². The number of nitrogens with one attached hydrogen (secondary N) is 2. The Hall–Kier alpha value is -2.25. The first-order valence-electron chi connectivity index (χ1n) is 10.8. The highest BCUT2D eigenvalue weighted by Crippen LogP contribution is 2.32. The summed E-state index contributed by atoms with van der Waals surface area (Å²) in [6, 6.07) is 6.55. The zero-order chi connectivity index (χ0) is 20.0. The van der Waals surface area contributed by atoms with Crippen molar-refractivity contribution >= 4 is 17.7 Å². The van der Waals surface area contributed by atoms with E-state index >= 15 is 0 Å². The third-order valence-electron chi connectivity index (χ3n) is 7.03. The van der Waals surface area contributed by atoms with E-state index in [1.54, 1.807) is 4.90 Å². The average Bonchev–Trinajstić information content (AvgIpc) is 3.06. The summed E-state index contributed by atoms with van der Waals surface area (Å²) >= 11 is 0. The minimum Gasteiger partial charge on any atom is -0.322 e. The number of rotatable bonds is 3. The molecule has 0 aliphatic carbocycles. The number of carbonyl (C=O) groups excluding carboxylic acids is 3. The molecule has 4 aliphatic rings. The van der Waals surface area contributed by atoms with E-state index in [-0.39, 0.29) is 24.1 Å². The number of carbonyl (C=O) groups is 3. The fourth-order valence-corrected chi connectivity index (χ4v) is 5.56. The van der Waals surface area contributed by atoms with Crippen LogP contribution in [-0.2, 0) is 22.7 Å². The Kier molecular flexibility index (Phi) is 4.87. The standard InChI is InChI=1S/C22H28N4O3/c27-20-9-8-19(21(28)24-20)26-13-16-14(4-1-5-15(16)22(26)29)12-25-11-3-6-17-18(25)7-2-10-23-17/h1,4-5,17-19,23H,2-3,6-13H2,(H,24,27,28). The van der Waals surface area contributed by atoms with Crippen molar-refractivity contribution in [3.8, 4) is 0 Å². The quantitative estimate of drug-likeness (QED) is 0.750. The van der Waals surface area contributed by atoms with Crippen molar-refractivity contribution in [1.82, 2.24) is 20.4 Å². The second-order valence-corrected chi connectivity index (χ2v) is 8.73. The molecule has 0 bridgehead atoms. The number of likely N-dealkylation sites (tertiary alicyclic amines) is 1. The van der Waals surface area contributed by atoms with Gasteiger partial charge in [-0.15, -0.1) is 0 Å². The van der Waals surface area contributed by atoms with Crippen LogP contribution in [0.15, 0.2) is 18.2 Å². The fourth-order valence-electron chi connectivity index (χ4n) is 5.56. The largest absolute Gasteiger partial charge is 0.322 e. The van der Waals surface area contributed by atoms with Gasteiger partial charge >= 0.3 is 0 Å². The summed E-state index contributed by atoms with van der Waals surface area (Å²) in [7, 11) is 0. The van der Waals surface area contributed by atoms with Gasteiger partial charge in [0.15, 0.2) is 0 Å². The van der Waals surface area contributed by atoms with Gasteiger partial charge in [0.05, 0.1) is 0 Å². The maximum absolute atomic E-state index is 13.0. The summed E-state index contributed by atoms with van der Waals surface area (Å²) in [6.45, 7) is 3.52. The minimum absolute atomic E-state index is 0.0906. The predicted octanol–water partition coefficient (Wildman–Crippen LogP) is 1.16. The summed E-state index contributed by atoms with van der Waals surface area (Å²) in [6.07, 6.45) is 5.58. The molecule has 3 saturated heterocycles. The average molecular weight is 396 g/mol. The van der Waals surface area contributed by atoms with E-state index in [2.05, 4.69) is 21.6 Å². The van der Waals surface area contributed by atoms with Crippen LogP contribution in [0.5, 0.6) is 0 Å². The molecule has 4 heterocycles. The molecule has 3 fully saturated rings. The summed E-state index contributed by atoms with van der Waals surface area (Å²) in [5, 5.41) is 6.06. The Labute approximate surface area is 170 Å². The van der Waals surface area contributed by atoms with Gasteiger partial charge in [0.25, 0.3) is 5.91 Å². The molecule has 0 radical (unpaired) electrons. The Balaban J connectivity index is 1.37. The van der Waals surface area contributed by atoms with Crippen LogP contribution in [0.1, 0.15) is 60.0 Å². The van der Waals surface area contributed by atoms with E-state index < -0.39 is 6.04 Å². The third-order valence-corrected chi connectivity index (χ3v) is 7.03. The van der Waals surface area contributed by atoms with Gasteiger partial charge in [-0.3, -0.25) is 24.6 Å². The molecular weight excluding hydrogens is 368 g/mol. The first-order chi connectivity index (χ1) is 14.1. The Morgan fingerprint density at radius 1 is 1.07 bits per heavy atom. The zero-order valence-electron chi connectivity index (χ0n) is 16.7. The lowest BCUT2D eigenvalue weighted by Crippen LogP contribution is -2.56. The highest BCUT2D eigenvalue weighted by atomic mass is 16.2. The van der Waals surface area contributed by atoms with Crippen molar-refractivity contribution in [3.63, 3.8) is 0 Å². The maximum Gasteiger partial charge on any atom is 0.255 e. The molecule has 5 rings (SSSR count). The number of nitrogens with zero attached hydrogens (tertiary/aromatic N) is 2. The monoisotopic (exact) mass is 396 g/mol. The molecule has 0 saturated carbocycles. The molecule has 3 unspecified atom stereocenters. The van der Waals surface area contributed by atoms with Crippen molar-refractivity contribution in [1.29, 1.82) is 0 Å². The molecule has 0 spiro atoms. The predicted molar refractivity (Wildman–Crippen MR) is 107 cm³/mol. The van der Waals surface area contributed by atoms with Crippen LogP contribution in [0.3, 0.4) is 0 Å². The van der Waals surface area contributed by atoms with Gasteiger partial charge in [-0.25, -0.2) is 0 Å². The van der Waals surface area contributed by atoms with Gasteiger partial charge in [-0.2, -0.15) is 0 Å². The number of amides is 3. The van der Waals surface area contributed by atoms with E-state index in [0.717, 1.165) is 25.2 Å². The lowest BCUT2D eigenvalue weighted by molar-refractivity contribution is -0.136. The first kappa shape index (κ1) is 18.8. The number of fused-ring (bicyclic) bond motifs is 2. The highest BCUT2D eigenvalue weighted by molar-refractivity contribution is 6.05. The topological polar surface area (TPSA) is 81.8 Å². The molecular formula is C22H28N4O3. The van der Waals surface area contributed by atoms with Gasteiger partial charge in [-0.05, 0) is 62.4 Å². The van der Waals surface area contributed by atoms with Crippen LogP contribution in [0.25, 0.3) is 0 Å². The number of hydrogen-bond donors (Lipinski definition) is 2. The van der Waals surface area contributed by atoms with Crippen molar-refractivity contribution in [2.45, 2.75) is 69.7 Å². The van der Waals surface area contributed by atoms with Gasteiger partial charge in [0, 0.05) is 37.2 Å². The van der Waals surface area contributed by atoms with Gasteiger partial charge < -0.3 is 10.2 Å². The number of imide groups is 1. The Bertz CT molecular complexity index is 852. The van der Waals surface area contributed by atoms with Crippen LogP contribution in [-0.4, -0.2) is 58.7 Å². The Morgan fingerprint density at radius 3 is 2.83 bits per heavy atom. The molecule has 1 aromatic rings. The van der Waals surface area contributed by atoms with E-state index in [0.29, 0.717) is 30.6 Å². The number of piperidine rings is 3. The fraction of sp³-hybridized carbons (Fsp3) is 0.591. The smallest absolute Gasteiger partial charge is 0.255 e. The lowest BCUT2D eigenvalue weighted by Gasteiger charge is -2.44. The van der Waals surface area contributed by atoms with Crippen LogP contribution < -0.4 is 10.6 Å². The molecule has 3 amide bonds. The first-order valence-corrected chi connectivity index (χ1v) is 10.8. The normalized spacial score (nSPS) is 30.1. The van der Waals surface area contributed by atoms with Gasteiger partial charge in [0.1, 0.15) is 6.04 Å². The van der Waals surface area contributed by atoms with Crippen LogP contribution in [0.4, 0.5) is 0 Å². The van der Waals surface area contributed by atoms with Crippen LogP contribution in [0, 0.1) is 0 Å². The zero-order valence-corrected chi connectivity index (χ0v) is 16.7. The summed E-state index contributed by atoms with van der Waals surface area (Å²) in [5.74, 6) is -0.694. The molecule has 7 heteroatoms. The molecule has 0 aromatic heterocycles. The molecule has 29 heavy (non-hydrogen) atoms. The second kappa shape index (κ2) is 7.54. The number of hydrogen-bond acceptors (Lipinski definition) is 5. The molecule has 7 nitrogen and oxygen atoms in total. The van der Waals surface area contributed by atoms with Gasteiger partial charge in [-0.1, -0.05) is 12.1 Å². The van der Waals surface area contributed by atoms with Crippen molar-refractivity contribution in [2.24, 2.45) is 0 Å². The molecule has 3 atom stereocenters. The Morgan fingerprint density at radius 2 is 1.97 bits per heavy atom. The number of benzene rings is 1. The maximum atomic E-state index is 13.0. The molecule has 4 aliphatic heterocycles. The van der Waals surface area contributed by atoms with E-state index in [1.807, 2.05) is 12.1 Å². The van der Waals surface area contributed by atoms with Crippen LogP contribution in [0.2, 0.25) is 0 Å². The van der Waals surface area contributed by atoms with Crippen molar-refractivity contribution in [2.75, 3.05) is 13.1 Å². The molecule has 154 valence electrons. The van der Waals surface area contributed by atoms with Crippen LogP contribution >= 0.6 is 0 Å². The summed E-state index contributed by atoms with van der Waals surface area (Å²) in [5.41, 5.74) is 2.95. The van der Waals surface area contributed by atoms with Gasteiger partial charge in [0.2, 0.25) is 11.8 Å². The van der Waals surface area contributed by atoms with E-state index in [1.165, 1.54) is 31.2 Å². The summed E-state index contributed by atoms with van der Waals surface area (Å²) in [4.78, 5) is 41.0. The van der Waals surface area contributed by atoms with Crippen molar-refractivity contribution in [3.05, 3.63) is 34.9 Å². The van der Waals surface area contributed by atoms with E-state index in [9.17, 15) is 14.4 Å². The lowest BCUT2D eigenvalue weighted by atomic mass is 9.89. The SMILES string of the molecule is O=C1CCC(N2Cc3c(CN4CCCC5NCCCC54)cccc3C2=O)C(=O)N1. The second-order valence-electron chi connectivity index (χ2n) is 8.73.